The number of aromatic amines is 1. The molecule has 0 radical (unpaired) electrons. The Balaban J connectivity index is 1.30. The molecule has 2 fully saturated rings. The molecule has 2 aliphatic rings. The molecule has 2 aromatic rings. The first-order chi connectivity index (χ1) is 16.0. The van der Waals surface area contributed by atoms with Crippen molar-refractivity contribution in [3.05, 3.63) is 40.3 Å². The molecule has 1 aliphatic heterocycles. The number of ether oxygens (including phenoxy) is 2. The number of carbonyl (C=O) groups is 2. The Kier molecular flexibility index (Phi) is 7.36. The van der Waals surface area contributed by atoms with E-state index in [0.29, 0.717) is 50.9 Å². The van der Waals surface area contributed by atoms with Crippen molar-refractivity contribution in [1.29, 1.82) is 0 Å². The van der Waals surface area contributed by atoms with Crippen molar-refractivity contribution >= 4 is 11.9 Å². The molecular formula is C24H30N4O5. The highest BCUT2D eigenvalue weighted by molar-refractivity contribution is 5.77. The number of piperidine rings is 1. The molecule has 1 aromatic carbocycles. The summed E-state index contributed by atoms with van der Waals surface area (Å²) < 4.78 is 10.9. The Morgan fingerprint density at radius 2 is 1.94 bits per heavy atom. The number of carbonyl (C=O) groups excluding carboxylic acids is 2. The van der Waals surface area contributed by atoms with Crippen molar-refractivity contribution < 1.29 is 19.1 Å². The normalized spacial score (nSPS) is 16.5. The monoisotopic (exact) mass is 454 g/mol. The number of hydrogen-bond donors (Lipinski definition) is 1. The van der Waals surface area contributed by atoms with Crippen LogP contribution >= 0.6 is 0 Å². The molecule has 0 atom stereocenters. The highest BCUT2D eigenvalue weighted by Gasteiger charge is 2.28. The molecule has 33 heavy (non-hydrogen) atoms. The first-order valence-electron chi connectivity index (χ1n) is 11.7. The first kappa shape index (κ1) is 22.9. The Morgan fingerprint density at radius 3 is 2.64 bits per heavy atom. The lowest BCUT2D eigenvalue weighted by Crippen LogP contribution is -2.40. The molecule has 9 heteroatoms. The summed E-state index contributed by atoms with van der Waals surface area (Å²) in [7, 11) is 0. The van der Waals surface area contributed by atoms with Gasteiger partial charge in [-0.15, -0.1) is 10.2 Å². The number of aryl methyl sites for hydroxylation is 1. The smallest absolute Gasteiger partial charge is 0.309 e. The largest absolute Gasteiger partial charge is 0.493 e. The van der Waals surface area contributed by atoms with E-state index in [1.807, 2.05) is 24.3 Å². The van der Waals surface area contributed by atoms with Gasteiger partial charge in [0.05, 0.1) is 19.1 Å². The van der Waals surface area contributed by atoms with Crippen LogP contribution in [0.15, 0.2) is 29.1 Å². The molecule has 1 N–H and O–H groups in total. The van der Waals surface area contributed by atoms with Gasteiger partial charge in [-0.1, -0.05) is 12.1 Å². The van der Waals surface area contributed by atoms with Gasteiger partial charge in [-0.3, -0.25) is 14.4 Å². The van der Waals surface area contributed by atoms with Crippen molar-refractivity contribution in [3.63, 3.8) is 0 Å². The molecular weight excluding hydrogens is 424 g/mol. The Hall–Kier alpha value is -3.23. The summed E-state index contributed by atoms with van der Waals surface area (Å²) >= 11 is 0. The standard InChI is InChI=1S/C24H30N4O5/c1-2-32-24(31)17-10-12-28(13-11-17)21(29)9-8-20-23(30)25-22(27-26-20)18-4-3-5-19(14-18)33-15-16-6-7-16/h3-5,14,16-17H,2,6-13,15H2,1H3,(H,25,27,30). The maximum absolute atomic E-state index is 12.6. The van der Waals surface area contributed by atoms with Crippen LogP contribution in [0.3, 0.4) is 0 Å². The highest BCUT2D eigenvalue weighted by Crippen LogP contribution is 2.30. The van der Waals surface area contributed by atoms with E-state index in [0.717, 1.165) is 11.3 Å². The summed E-state index contributed by atoms with van der Waals surface area (Å²) in [5.74, 6) is 1.37. The number of nitrogens with zero attached hydrogens (tertiary/aromatic N) is 3. The van der Waals surface area contributed by atoms with Crippen molar-refractivity contribution in [2.75, 3.05) is 26.3 Å². The quantitative estimate of drug-likeness (QED) is 0.579. The minimum absolute atomic E-state index is 0.0527. The molecule has 1 saturated heterocycles. The molecule has 4 rings (SSSR count). The van der Waals surface area contributed by atoms with Crippen LogP contribution in [0.4, 0.5) is 0 Å². The summed E-state index contributed by atoms with van der Waals surface area (Å²) in [5, 5.41) is 8.23. The second-order valence-corrected chi connectivity index (χ2v) is 8.64. The van der Waals surface area contributed by atoms with Gasteiger partial charge in [0, 0.05) is 31.5 Å². The van der Waals surface area contributed by atoms with Crippen molar-refractivity contribution in [3.8, 4) is 17.1 Å². The van der Waals surface area contributed by atoms with Crippen molar-refractivity contribution in [2.24, 2.45) is 11.8 Å². The maximum atomic E-state index is 12.6. The van der Waals surface area contributed by atoms with Crippen LogP contribution in [-0.4, -0.2) is 58.3 Å². The average Bonchev–Trinajstić information content (AvgIpc) is 3.67. The second kappa shape index (κ2) is 10.6. The number of amides is 1. The van der Waals surface area contributed by atoms with Crippen LogP contribution < -0.4 is 10.3 Å². The van der Waals surface area contributed by atoms with Gasteiger partial charge in [-0.25, -0.2) is 0 Å². The Bertz CT molecular complexity index is 1040. The van der Waals surface area contributed by atoms with Crippen LogP contribution in [0.1, 0.15) is 44.7 Å². The third kappa shape index (κ3) is 6.18. The lowest BCUT2D eigenvalue weighted by atomic mass is 9.96. The zero-order chi connectivity index (χ0) is 23.2. The zero-order valence-electron chi connectivity index (χ0n) is 18.9. The number of hydrogen-bond acceptors (Lipinski definition) is 7. The minimum atomic E-state index is -0.349. The van der Waals surface area contributed by atoms with Crippen LogP contribution in [0.25, 0.3) is 11.4 Å². The molecule has 0 spiro atoms. The molecule has 1 saturated carbocycles. The van der Waals surface area contributed by atoms with Gasteiger partial charge >= 0.3 is 5.97 Å². The predicted molar refractivity (Wildman–Crippen MR) is 121 cm³/mol. The molecule has 1 aromatic heterocycles. The maximum Gasteiger partial charge on any atom is 0.309 e. The number of rotatable bonds is 9. The molecule has 0 bridgehead atoms. The van der Waals surface area contributed by atoms with E-state index in [2.05, 4.69) is 15.2 Å². The van der Waals surface area contributed by atoms with Gasteiger partial charge in [0.15, 0.2) is 5.82 Å². The van der Waals surface area contributed by atoms with E-state index in [1.165, 1.54) is 12.8 Å². The highest BCUT2D eigenvalue weighted by atomic mass is 16.5. The lowest BCUT2D eigenvalue weighted by molar-refractivity contribution is -0.151. The summed E-state index contributed by atoms with van der Waals surface area (Å²) in [6, 6.07) is 7.42. The van der Waals surface area contributed by atoms with Gasteiger partial charge in [-0.05, 0) is 50.7 Å². The van der Waals surface area contributed by atoms with Gasteiger partial charge in [0.25, 0.3) is 5.56 Å². The first-order valence-corrected chi connectivity index (χ1v) is 11.7. The van der Waals surface area contributed by atoms with Crippen LogP contribution in [0.5, 0.6) is 5.75 Å². The van der Waals surface area contributed by atoms with E-state index in [4.69, 9.17) is 9.47 Å². The summed E-state index contributed by atoms with van der Waals surface area (Å²) in [4.78, 5) is 41.4. The van der Waals surface area contributed by atoms with E-state index >= 15 is 0 Å². The van der Waals surface area contributed by atoms with Gasteiger partial charge < -0.3 is 19.4 Å². The Morgan fingerprint density at radius 1 is 1.15 bits per heavy atom. The summed E-state index contributed by atoms with van der Waals surface area (Å²) in [6.07, 6.45) is 4.02. The molecule has 0 unspecified atom stereocenters. The SMILES string of the molecule is CCOC(=O)C1CCN(C(=O)CCc2nnc(-c3cccc(OCC4CC4)c3)[nH]c2=O)CC1. The van der Waals surface area contributed by atoms with E-state index in [1.54, 1.807) is 11.8 Å². The van der Waals surface area contributed by atoms with Crippen molar-refractivity contribution in [2.45, 2.75) is 45.4 Å². The zero-order valence-corrected chi connectivity index (χ0v) is 18.9. The number of esters is 1. The molecule has 176 valence electrons. The number of aromatic nitrogens is 3. The van der Waals surface area contributed by atoms with E-state index in [9.17, 15) is 14.4 Å². The summed E-state index contributed by atoms with van der Waals surface area (Å²) in [6.45, 7) is 3.89. The minimum Gasteiger partial charge on any atom is -0.493 e. The second-order valence-electron chi connectivity index (χ2n) is 8.64. The van der Waals surface area contributed by atoms with Crippen LogP contribution in [0, 0.1) is 11.8 Å². The number of likely N-dealkylation sites (tertiary alicyclic amines) is 1. The lowest BCUT2D eigenvalue weighted by Gasteiger charge is -2.30. The fraction of sp³-hybridized carbons (Fsp3) is 0.542. The van der Waals surface area contributed by atoms with E-state index in [-0.39, 0.29) is 41.9 Å². The van der Waals surface area contributed by atoms with Crippen LogP contribution in [0.2, 0.25) is 0 Å². The van der Waals surface area contributed by atoms with Gasteiger partial charge in [0.2, 0.25) is 5.91 Å². The Labute approximate surface area is 192 Å². The third-order valence-corrected chi connectivity index (χ3v) is 6.10. The van der Waals surface area contributed by atoms with Crippen LogP contribution in [-0.2, 0) is 20.7 Å². The summed E-state index contributed by atoms with van der Waals surface area (Å²) in [5.41, 5.74) is 0.604. The molecule has 2 heterocycles. The topological polar surface area (TPSA) is 114 Å². The molecule has 9 nitrogen and oxygen atoms in total. The van der Waals surface area contributed by atoms with E-state index < -0.39 is 0 Å². The van der Waals surface area contributed by atoms with Gasteiger partial charge in [-0.2, -0.15) is 0 Å². The fourth-order valence-corrected chi connectivity index (χ4v) is 3.89. The fourth-order valence-electron chi connectivity index (χ4n) is 3.89. The molecule has 1 amide bonds. The van der Waals surface area contributed by atoms with Crippen molar-refractivity contribution in [1.82, 2.24) is 20.1 Å². The number of nitrogens with one attached hydrogen (secondary N) is 1. The average molecular weight is 455 g/mol. The third-order valence-electron chi connectivity index (χ3n) is 6.10. The predicted octanol–water partition coefficient (Wildman–Crippen LogP) is 2.36. The van der Waals surface area contributed by atoms with Gasteiger partial charge in [0.1, 0.15) is 11.4 Å². The molecule has 1 aliphatic carbocycles. The number of H-pyrrole nitrogens is 1. The number of benzene rings is 1.